The van der Waals surface area contributed by atoms with Gasteiger partial charge in [-0.2, -0.15) is 5.26 Å². The maximum atomic E-state index is 9.21. The molecule has 0 amide bonds. The summed E-state index contributed by atoms with van der Waals surface area (Å²) < 4.78 is 0. The molecule has 2 unspecified atom stereocenters. The maximum Gasteiger partial charge on any atom is 0.0839 e. The van der Waals surface area contributed by atoms with Crippen molar-refractivity contribution in [3.63, 3.8) is 0 Å². The van der Waals surface area contributed by atoms with E-state index in [9.17, 15) is 5.26 Å². The van der Waals surface area contributed by atoms with Gasteiger partial charge in [0.1, 0.15) is 0 Å². The number of hydrogen-bond acceptors (Lipinski definition) is 2. The molecule has 0 fully saturated rings. The first-order valence-corrected chi connectivity index (χ1v) is 5.83. The van der Waals surface area contributed by atoms with Crippen molar-refractivity contribution in [2.75, 3.05) is 13.6 Å². The lowest BCUT2D eigenvalue weighted by molar-refractivity contribution is 0.247. The highest BCUT2D eigenvalue weighted by Crippen LogP contribution is 2.16. The van der Waals surface area contributed by atoms with E-state index in [0.29, 0.717) is 6.04 Å². The molecule has 0 saturated carbocycles. The van der Waals surface area contributed by atoms with Gasteiger partial charge >= 0.3 is 0 Å². The standard InChI is InChI=1S/C14H20N2/c1-4-12(2)16(3)11-14(10-15)13-8-6-5-7-9-13/h5-9,12,14H,4,11H2,1-3H3. The zero-order valence-corrected chi connectivity index (χ0v) is 10.4. The van der Waals surface area contributed by atoms with Crippen LogP contribution in [0.4, 0.5) is 0 Å². The molecule has 1 aromatic rings. The quantitative estimate of drug-likeness (QED) is 0.756. The highest BCUT2D eigenvalue weighted by atomic mass is 15.1. The number of hydrogen-bond donors (Lipinski definition) is 0. The first-order valence-electron chi connectivity index (χ1n) is 5.83. The maximum absolute atomic E-state index is 9.21. The summed E-state index contributed by atoms with van der Waals surface area (Å²) in [5, 5.41) is 9.21. The summed E-state index contributed by atoms with van der Waals surface area (Å²) in [5.41, 5.74) is 1.11. The van der Waals surface area contributed by atoms with Crippen molar-refractivity contribution in [1.82, 2.24) is 4.90 Å². The summed E-state index contributed by atoms with van der Waals surface area (Å²) in [6.07, 6.45) is 1.11. The van der Waals surface area contributed by atoms with Crippen molar-refractivity contribution in [3.05, 3.63) is 35.9 Å². The molecule has 86 valence electrons. The fourth-order valence-electron chi connectivity index (χ4n) is 1.69. The summed E-state index contributed by atoms with van der Waals surface area (Å²) in [4.78, 5) is 2.25. The van der Waals surface area contributed by atoms with Crippen LogP contribution < -0.4 is 0 Å². The summed E-state index contributed by atoms with van der Waals surface area (Å²) in [5.74, 6) is -0.0276. The molecule has 1 rings (SSSR count). The van der Waals surface area contributed by atoms with E-state index in [1.54, 1.807) is 0 Å². The van der Waals surface area contributed by atoms with Gasteiger partial charge in [-0.05, 0) is 26.0 Å². The Morgan fingerprint density at radius 3 is 2.44 bits per heavy atom. The second-order valence-electron chi connectivity index (χ2n) is 4.29. The van der Waals surface area contributed by atoms with E-state index in [4.69, 9.17) is 0 Å². The number of nitriles is 1. The number of nitrogens with zero attached hydrogens (tertiary/aromatic N) is 2. The van der Waals surface area contributed by atoms with Gasteiger partial charge in [0.15, 0.2) is 0 Å². The van der Waals surface area contributed by atoms with E-state index in [-0.39, 0.29) is 5.92 Å². The van der Waals surface area contributed by atoms with Gasteiger partial charge in [0, 0.05) is 12.6 Å². The molecule has 0 spiro atoms. The van der Waals surface area contributed by atoms with Crippen LogP contribution in [0.5, 0.6) is 0 Å². The third-order valence-electron chi connectivity index (χ3n) is 3.17. The molecule has 0 heterocycles. The smallest absolute Gasteiger partial charge is 0.0839 e. The average Bonchev–Trinajstić information content (AvgIpc) is 2.35. The lowest BCUT2D eigenvalue weighted by atomic mass is 9.99. The van der Waals surface area contributed by atoms with E-state index in [2.05, 4.69) is 31.9 Å². The number of likely N-dealkylation sites (N-methyl/N-ethyl adjacent to an activating group) is 1. The van der Waals surface area contributed by atoms with Crippen molar-refractivity contribution < 1.29 is 0 Å². The number of benzene rings is 1. The molecule has 0 bridgehead atoms. The molecule has 16 heavy (non-hydrogen) atoms. The summed E-state index contributed by atoms with van der Waals surface area (Å²) in [6.45, 7) is 5.17. The lowest BCUT2D eigenvalue weighted by Crippen LogP contribution is -2.32. The van der Waals surface area contributed by atoms with Gasteiger partial charge in [0.25, 0.3) is 0 Å². The molecule has 1 aromatic carbocycles. The van der Waals surface area contributed by atoms with Gasteiger partial charge < -0.3 is 4.90 Å². The lowest BCUT2D eigenvalue weighted by Gasteiger charge is -2.25. The minimum Gasteiger partial charge on any atom is -0.302 e. The Hall–Kier alpha value is -1.33. The largest absolute Gasteiger partial charge is 0.302 e. The molecule has 0 aliphatic rings. The predicted molar refractivity (Wildman–Crippen MR) is 67.2 cm³/mol. The first kappa shape index (κ1) is 12.7. The van der Waals surface area contributed by atoms with Crippen LogP contribution in [-0.2, 0) is 0 Å². The zero-order valence-electron chi connectivity index (χ0n) is 10.4. The zero-order chi connectivity index (χ0) is 12.0. The highest BCUT2D eigenvalue weighted by Gasteiger charge is 2.15. The van der Waals surface area contributed by atoms with Crippen LogP contribution in [0.15, 0.2) is 30.3 Å². The van der Waals surface area contributed by atoms with Crippen LogP contribution in [0.2, 0.25) is 0 Å². The normalized spacial score (nSPS) is 14.4. The Morgan fingerprint density at radius 1 is 1.31 bits per heavy atom. The van der Waals surface area contributed by atoms with Gasteiger partial charge in [-0.15, -0.1) is 0 Å². The van der Waals surface area contributed by atoms with Crippen molar-refractivity contribution in [2.24, 2.45) is 0 Å². The third-order valence-corrected chi connectivity index (χ3v) is 3.17. The molecule has 2 nitrogen and oxygen atoms in total. The molecular weight excluding hydrogens is 196 g/mol. The average molecular weight is 216 g/mol. The Balaban J connectivity index is 2.67. The van der Waals surface area contributed by atoms with Gasteiger partial charge in [-0.25, -0.2) is 0 Å². The first-order chi connectivity index (χ1) is 7.69. The van der Waals surface area contributed by atoms with Crippen molar-refractivity contribution in [2.45, 2.75) is 32.2 Å². The Bertz CT molecular complexity index is 340. The minimum absolute atomic E-state index is 0.0276. The van der Waals surface area contributed by atoms with Crippen LogP contribution in [0.1, 0.15) is 31.7 Å². The predicted octanol–water partition coefficient (Wildman–Crippen LogP) is 3.02. The molecule has 0 saturated heterocycles. The van der Waals surface area contributed by atoms with Gasteiger partial charge in [-0.3, -0.25) is 0 Å². The Labute approximate surface area is 98.5 Å². The van der Waals surface area contributed by atoms with Crippen LogP contribution >= 0.6 is 0 Å². The molecule has 0 aliphatic carbocycles. The van der Waals surface area contributed by atoms with Crippen LogP contribution in [0.3, 0.4) is 0 Å². The second kappa shape index (κ2) is 6.30. The molecule has 0 aliphatic heterocycles. The molecular formula is C14H20N2. The number of rotatable bonds is 5. The molecule has 0 aromatic heterocycles. The summed E-state index contributed by atoms with van der Waals surface area (Å²) >= 11 is 0. The second-order valence-corrected chi connectivity index (χ2v) is 4.29. The minimum atomic E-state index is -0.0276. The molecule has 0 radical (unpaired) electrons. The van der Waals surface area contributed by atoms with E-state index in [0.717, 1.165) is 18.5 Å². The fourth-order valence-corrected chi connectivity index (χ4v) is 1.69. The van der Waals surface area contributed by atoms with E-state index < -0.39 is 0 Å². The van der Waals surface area contributed by atoms with Crippen molar-refractivity contribution in [1.29, 1.82) is 5.26 Å². The Morgan fingerprint density at radius 2 is 1.94 bits per heavy atom. The van der Waals surface area contributed by atoms with E-state index >= 15 is 0 Å². The van der Waals surface area contributed by atoms with Crippen LogP contribution in [-0.4, -0.2) is 24.5 Å². The van der Waals surface area contributed by atoms with Crippen molar-refractivity contribution in [3.8, 4) is 6.07 Å². The van der Waals surface area contributed by atoms with Crippen LogP contribution in [0, 0.1) is 11.3 Å². The topological polar surface area (TPSA) is 27.0 Å². The van der Waals surface area contributed by atoms with Gasteiger partial charge in [0.2, 0.25) is 0 Å². The Kier molecular flexibility index (Phi) is 5.01. The van der Waals surface area contributed by atoms with Gasteiger partial charge in [-0.1, -0.05) is 37.3 Å². The monoisotopic (exact) mass is 216 g/mol. The van der Waals surface area contributed by atoms with Crippen molar-refractivity contribution >= 4 is 0 Å². The molecule has 2 atom stereocenters. The molecule has 2 heteroatoms. The highest BCUT2D eigenvalue weighted by molar-refractivity contribution is 5.25. The molecule has 0 N–H and O–H groups in total. The van der Waals surface area contributed by atoms with E-state index in [1.165, 1.54) is 0 Å². The van der Waals surface area contributed by atoms with E-state index in [1.807, 2.05) is 30.3 Å². The SMILES string of the molecule is CCC(C)N(C)CC(C#N)c1ccccc1. The van der Waals surface area contributed by atoms with Crippen LogP contribution in [0.25, 0.3) is 0 Å². The third kappa shape index (κ3) is 3.36. The summed E-state index contributed by atoms with van der Waals surface area (Å²) in [6, 6.07) is 12.9. The summed E-state index contributed by atoms with van der Waals surface area (Å²) in [7, 11) is 2.08. The fraction of sp³-hybridized carbons (Fsp3) is 0.500. The van der Waals surface area contributed by atoms with Gasteiger partial charge in [0.05, 0.1) is 12.0 Å².